The molecule has 6 rings (SSSR count). The molecule has 1 saturated heterocycles. The molecule has 2 fully saturated rings. The third-order valence-corrected chi connectivity index (χ3v) is 9.38. The van der Waals surface area contributed by atoms with Gasteiger partial charge in [-0.15, -0.1) is 0 Å². The van der Waals surface area contributed by atoms with Crippen molar-refractivity contribution in [3.05, 3.63) is 91.8 Å². The maximum Gasteiger partial charge on any atom is 0.335 e. The van der Waals surface area contributed by atoms with Crippen molar-refractivity contribution in [2.24, 2.45) is 0 Å². The Balaban J connectivity index is 1.16. The van der Waals surface area contributed by atoms with Crippen LogP contribution in [0, 0.1) is 0 Å². The number of carboxylic acid groups (broad SMARTS) is 1. The third kappa shape index (κ3) is 6.17. The molecular weight excluding hydrogens is 615 g/mol. The quantitative estimate of drug-likeness (QED) is 0.249. The molecule has 43 heavy (non-hydrogen) atoms. The number of hydrogen-bond acceptors (Lipinski definition) is 7. The van der Waals surface area contributed by atoms with Crippen LogP contribution in [0.15, 0.2) is 64.3 Å². The molecule has 2 N–H and O–H groups in total. The van der Waals surface area contributed by atoms with E-state index in [0.717, 1.165) is 29.9 Å². The number of hydrogen-bond donors (Lipinski definition) is 2. The summed E-state index contributed by atoms with van der Waals surface area (Å²) in [5, 5.41) is 26.8. The first-order valence-electron chi connectivity index (χ1n) is 14.2. The van der Waals surface area contributed by atoms with E-state index in [-0.39, 0.29) is 18.3 Å². The molecule has 8 nitrogen and oxygen atoms in total. The van der Waals surface area contributed by atoms with E-state index in [1.165, 1.54) is 0 Å². The van der Waals surface area contributed by atoms with Gasteiger partial charge < -0.3 is 29.1 Å². The van der Waals surface area contributed by atoms with Gasteiger partial charge in [-0.25, -0.2) is 4.79 Å². The van der Waals surface area contributed by atoms with Gasteiger partial charge in [-0.3, -0.25) is 0 Å². The number of rotatable bonds is 9. The molecule has 2 heterocycles. The summed E-state index contributed by atoms with van der Waals surface area (Å²) in [7, 11) is 1.57. The predicted octanol–water partition coefficient (Wildman–Crippen LogP) is 7.36. The van der Waals surface area contributed by atoms with Crippen molar-refractivity contribution in [2.75, 3.05) is 20.2 Å². The average Bonchev–Trinajstić information content (AvgIpc) is 3.76. The van der Waals surface area contributed by atoms with Crippen molar-refractivity contribution < 1.29 is 29.0 Å². The molecule has 1 atom stereocenters. The van der Waals surface area contributed by atoms with Crippen LogP contribution >= 0.6 is 34.8 Å². The molecule has 226 valence electrons. The van der Waals surface area contributed by atoms with Crippen molar-refractivity contribution >= 4 is 40.8 Å². The highest BCUT2D eigenvalue weighted by Gasteiger charge is 2.37. The number of likely N-dealkylation sites (tertiary alicyclic amines) is 1. The molecule has 1 aliphatic heterocycles. The lowest BCUT2D eigenvalue weighted by Gasteiger charge is -2.42. The van der Waals surface area contributed by atoms with Crippen LogP contribution < -0.4 is 4.74 Å². The smallest absolute Gasteiger partial charge is 0.335 e. The van der Waals surface area contributed by atoms with Gasteiger partial charge in [0.2, 0.25) is 0 Å². The first-order valence-corrected chi connectivity index (χ1v) is 15.3. The normalized spacial score (nSPS) is 20.0. The van der Waals surface area contributed by atoms with Gasteiger partial charge in [-0.2, -0.15) is 0 Å². The molecule has 0 spiro atoms. The summed E-state index contributed by atoms with van der Waals surface area (Å²) in [4.78, 5) is 13.7. The van der Waals surface area contributed by atoms with E-state index in [0.29, 0.717) is 75.9 Å². The summed E-state index contributed by atoms with van der Waals surface area (Å²) in [5.41, 5.74) is 2.58. The number of aliphatic carboxylic acids is 1. The minimum absolute atomic E-state index is 0.186. The zero-order valence-corrected chi connectivity index (χ0v) is 25.8. The van der Waals surface area contributed by atoms with Crippen molar-refractivity contribution in [3.8, 4) is 17.0 Å². The molecule has 1 aromatic heterocycles. The second-order valence-corrected chi connectivity index (χ2v) is 12.5. The summed E-state index contributed by atoms with van der Waals surface area (Å²) < 4.78 is 17.3. The lowest BCUT2D eigenvalue weighted by atomic mass is 9.83. The van der Waals surface area contributed by atoms with Crippen molar-refractivity contribution in [1.82, 2.24) is 10.1 Å². The Morgan fingerprint density at radius 2 is 1.84 bits per heavy atom. The maximum absolute atomic E-state index is 11.6. The van der Waals surface area contributed by atoms with E-state index < -0.39 is 11.6 Å². The molecule has 0 radical (unpaired) electrons. The molecule has 0 amide bonds. The Morgan fingerprint density at radius 1 is 1.12 bits per heavy atom. The van der Waals surface area contributed by atoms with E-state index in [1.807, 2.05) is 0 Å². The number of piperidine rings is 1. The lowest BCUT2D eigenvalue weighted by molar-refractivity contribution is -0.132. The van der Waals surface area contributed by atoms with Crippen LogP contribution in [0.3, 0.4) is 0 Å². The maximum atomic E-state index is 11.6. The largest absolute Gasteiger partial charge is 0.489 e. The first-order chi connectivity index (χ1) is 20.7. The van der Waals surface area contributed by atoms with Gasteiger partial charge in [-0.05, 0) is 62.1 Å². The highest BCUT2D eigenvalue weighted by molar-refractivity contribution is 6.39. The zero-order valence-electron chi connectivity index (χ0n) is 23.5. The highest BCUT2D eigenvalue weighted by Crippen LogP contribution is 2.46. The Kier molecular flexibility index (Phi) is 8.50. The van der Waals surface area contributed by atoms with Crippen LogP contribution in [0.5, 0.6) is 5.75 Å². The number of aliphatic hydroxyl groups is 1. The number of methoxy groups -OCH3 is 1. The van der Waals surface area contributed by atoms with E-state index in [4.69, 9.17) is 48.8 Å². The Hall–Kier alpha value is -3.01. The Labute approximate surface area is 264 Å². The van der Waals surface area contributed by atoms with Crippen LogP contribution in [0.1, 0.15) is 54.9 Å². The van der Waals surface area contributed by atoms with Crippen molar-refractivity contribution in [2.45, 2.75) is 56.3 Å². The van der Waals surface area contributed by atoms with Gasteiger partial charge in [0.15, 0.2) is 0 Å². The Bertz CT molecular complexity index is 1580. The van der Waals surface area contributed by atoms with Gasteiger partial charge in [0, 0.05) is 49.4 Å². The number of nitrogens with zero attached hydrogens (tertiary/aromatic N) is 2. The molecule has 0 bridgehead atoms. The van der Waals surface area contributed by atoms with Crippen LogP contribution in [0.2, 0.25) is 15.1 Å². The van der Waals surface area contributed by atoms with Crippen LogP contribution in [-0.4, -0.2) is 52.5 Å². The topological polar surface area (TPSA) is 105 Å². The average molecular weight is 646 g/mol. The second kappa shape index (κ2) is 12.2. The second-order valence-electron chi connectivity index (χ2n) is 11.2. The molecule has 1 unspecified atom stereocenters. The summed E-state index contributed by atoms with van der Waals surface area (Å²) in [5.74, 6) is 0.632. The van der Waals surface area contributed by atoms with E-state index in [9.17, 15) is 15.0 Å². The van der Waals surface area contributed by atoms with Gasteiger partial charge in [0.1, 0.15) is 23.8 Å². The summed E-state index contributed by atoms with van der Waals surface area (Å²) in [6, 6.07) is 10.6. The fourth-order valence-electron chi connectivity index (χ4n) is 5.86. The monoisotopic (exact) mass is 644 g/mol. The number of benzene rings is 2. The van der Waals surface area contributed by atoms with Crippen molar-refractivity contribution in [1.29, 1.82) is 0 Å². The zero-order chi connectivity index (χ0) is 30.3. The molecule has 1 saturated carbocycles. The van der Waals surface area contributed by atoms with Gasteiger partial charge >= 0.3 is 5.97 Å². The Morgan fingerprint density at radius 3 is 2.47 bits per heavy atom. The van der Waals surface area contributed by atoms with E-state index in [2.05, 4.69) is 10.1 Å². The third-order valence-electron chi connectivity index (χ3n) is 8.44. The number of aromatic nitrogens is 1. The molecule has 2 aromatic carbocycles. The molecular formula is C32H31Cl3N2O6. The van der Waals surface area contributed by atoms with Gasteiger partial charge in [0.05, 0.1) is 37.9 Å². The fraction of sp³-hybridized carbons (Fsp3) is 0.375. The summed E-state index contributed by atoms with van der Waals surface area (Å²) in [6.45, 7) is 1.28. The fourth-order valence-corrected chi connectivity index (χ4v) is 6.78. The standard InChI is InChI=1S/C32H31Cl3N2O6/c1-41-22-14-19(31(38)39)13-20(15-22)37-11-9-32(40,10-12-37)24-8-7-21(16-27(24)35)42-17-23-29(36-43-30(23)18-5-6-18)28-25(33)3-2-4-26(28)34/h2-4,7-8,13-14,16,18,22,40H,5-6,9-12,15,17H2,1H3,(H,38,39). The number of halogens is 3. The van der Waals surface area contributed by atoms with Gasteiger partial charge in [-0.1, -0.05) is 52.1 Å². The highest BCUT2D eigenvalue weighted by atomic mass is 35.5. The number of carboxylic acids is 1. The number of carbonyl (C=O) groups is 1. The summed E-state index contributed by atoms with van der Waals surface area (Å²) in [6.07, 6.45) is 6.51. The summed E-state index contributed by atoms with van der Waals surface area (Å²) >= 11 is 19.7. The lowest BCUT2D eigenvalue weighted by Crippen LogP contribution is -2.43. The minimum Gasteiger partial charge on any atom is -0.489 e. The molecule has 11 heteroatoms. The van der Waals surface area contributed by atoms with E-state index in [1.54, 1.807) is 55.7 Å². The van der Waals surface area contributed by atoms with E-state index >= 15 is 0 Å². The molecule has 3 aromatic rings. The van der Waals surface area contributed by atoms with Crippen LogP contribution in [0.4, 0.5) is 0 Å². The predicted molar refractivity (Wildman–Crippen MR) is 164 cm³/mol. The molecule has 2 aliphatic carbocycles. The van der Waals surface area contributed by atoms with Crippen LogP contribution in [0.25, 0.3) is 11.3 Å². The number of ether oxygens (including phenoxy) is 2. The van der Waals surface area contributed by atoms with Crippen LogP contribution in [-0.2, 0) is 21.7 Å². The molecule has 3 aliphatic rings. The SMILES string of the molecule is COC1C=C(C(=O)O)C=C(N2CCC(O)(c3ccc(OCc4c(-c5c(Cl)cccc5Cl)noc4C4CC4)cc3Cl)CC2)C1. The van der Waals surface area contributed by atoms with Gasteiger partial charge in [0.25, 0.3) is 0 Å². The van der Waals surface area contributed by atoms with Crippen molar-refractivity contribution in [3.63, 3.8) is 0 Å². The first kappa shape index (κ1) is 30.0. The minimum atomic E-state index is -1.13.